The zero-order valence-corrected chi connectivity index (χ0v) is 14.6. The molecule has 0 fully saturated rings. The molecular weight excluding hydrogens is 302 g/mol. The molecule has 0 spiro atoms. The maximum absolute atomic E-state index is 5.98. The van der Waals surface area contributed by atoms with Crippen LogP contribution in [0.1, 0.15) is 22.7 Å². The van der Waals surface area contributed by atoms with Gasteiger partial charge in [0.15, 0.2) is 11.5 Å². The van der Waals surface area contributed by atoms with Gasteiger partial charge in [0.2, 0.25) is 0 Å². The van der Waals surface area contributed by atoms with Crippen LogP contribution in [-0.4, -0.2) is 50.8 Å². The van der Waals surface area contributed by atoms with Gasteiger partial charge in [-0.15, -0.1) is 0 Å². The summed E-state index contributed by atoms with van der Waals surface area (Å²) < 4.78 is 11.5. The lowest BCUT2D eigenvalue weighted by Crippen LogP contribution is -2.30. The van der Waals surface area contributed by atoms with Gasteiger partial charge in [-0.3, -0.25) is 4.98 Å². The van der Waals surface area contributed by atoms with Gasteiger partial charge in [-0.25, -0.2) is 0 Å². The normalized spacial score (nSPS) is 16.8. The van der Waals surface area contributed by atoms with Crippen LogP contribution in [0.4, 0.5) is 0 Å². The van der Waals surface area contributed by atoms with E-state index in [1.165, 1.54) is 16.7 Å². The Balaban J connectivity index is 1.92. The molecule has 2 aromatic rings. The van der Waals surface area contributed by atoms with E-state index in [1.54, 1.807) is 7.11 Å². The first kappa shape index (κ1) is 16.7. The number of methoxy groups -OCH3 is 1. The second-order valence-corrected chi connectivity index (χ2v) is 6.27. The lowest BCUT2D eigenvalue weighted by atomic mass is 9.90. The van der Waals surface area contributed by atoms with Gasteiger partial charge in [-0.05, 0) is 61.5 Å². The molecule has 1 aliphatic rings. The van der Waals surface area contributed by atoms with Crippen LogP contribution < -0.4 is 14.8 Å². The minimum Gasteiger partial charge on any atom is -0.493 e. The largest absolute Gasteiger partial charge is 0.493 e. The molecule has 3 rings (SSSR count). The fourth-order valence-electron chi connectivity index (χ4n) is 3.03. The molecule has 0 radical (unpaired) electrons. The van der Waals surface area contributed by atoms with Crippen molar-refractivity contribution in [1.29, 1.82) is 0 Å². The fourth-order valence-corrected chi connectivity index (χ4v) is 3.03. The monoisotopic (exact) mass is 327 g/mol. The number of fused-ring (bicyclic) bond motifs is 1. The van der Waals surface area contributed by atoms with Crippen LogP contribution in [0.5, 0.6) is 11.5 Å². The predicted molar refractivity (Wildman–Crippen MR) is 94.8 cm³/mol. The van der Waals surface area contributed by atoms with Crippen molar-refractivity contribution >= 4 is 0 Å². The van der Waals surface area contributed by atoms with Gasteiger partial charge in [-0.1, -0.05) is 0 Å². The standard InChI is InChI=1S/C19H25N3O2/c1-22(2)10-11-24-18-13-16-15(12-17(18)23-3)6-9-21-19(16)14-4-7-20-8-5-14/h4-5,7-8,12-13,19,21H,6,9-11H2,1-3H3. The molecule has 5 nitrogen and oxygen atoms in total. The highest BCUT2D eigenvalue weighted by Crippen LogP contribution is 2.37. The van der Waals surface area contributed by atoms with Gasteiger partial charge in [0.1, 0.15) is 6.61 Å². The molecule has 1 aromatic heterocycles. The highest BCUT2D eigenvalue weighted by atomic mass is 16.5. The Morgan fingerprint density at radius 2 is 2.00 bits per heavy atom. The summed E-state index contributed by atoms with van der Waals surface area (Å²) in [5, 5.41) is 3.60. The van der Waals surface area contributed by atoms with Crippen molar-refractivity contribution in [1.82, 2.24) is 15.2 Å². The van der Waals surface area contributed by atoms with E-state index < -0.39 is 0 Å². The minimum absolute atomic E-state index is 0.166. The summed E-state index contributed by atoms with van der Waals surface area (Å²) in [6.07, 6.45) is 4.66. The van der Waals surface area contributed by atoms with Crippen LogP contribution >= 0.6 is 0 Å². The van der Waals surface area contributed by atoms with E-state index in [9.17, 15) is 0 Å². The third-order valence-electron chi connectivity index (χ3n) is 4.31. The zero-order valence-electron chi connectivity index (χ0n) is 14.6. The number of rotatable bonds is 6. The Kier molecular flexibility index (Phi) is 5.33. The Bertz CT molecular complexity index is 674. The smallest absolute Gasteiger partial charge is 0.161 e. The van der Waals surface area contributed by atoms with Crippen LogP contribution in [0.2, 0.25) is 0 Å². The highest BCUT2D eigenvalue weighted by Gasteiger charge is 2.24. The van der Waals surface area contributed by atoms with E-state index in [2.05, 4.69) is 39.5 Å². The Labute approximate surface area is 143 Å². The first-order valence-electron chi connectivity index (χ1n) is 8.30. The summed E-state index contributed by atoms with van der Waals surface area (Å²) in [5.74, 6) is 1.61. The maximum Gasteiger partial charge on any atom is 0.161 e. The third-order valence-corrected chi connectivity index (χ3v) is 4.31. The van der Waals surface area contributed by atoms with E-state index in [1.807, 2.05) is 26.5 Å². The van der Waals surface area contributed by atoms with Crippen molar-refractivity contribution < 1.29 is 9.47 Å². The first-order chi connectivity index (χ1) is 11.7. The van der Waals surface area contributed by atoms with E-state index in [4.69, 9.17) is 9.47 Å². The molecule has 24 heavy (non-hydrogen) atoms. The van der Waals surface area contributed by atoms with Gasteiger partial charge >= 0.3 is 0 Å². The minimum atomic E-state index is 0.166. The number of pyridine rings is 1. The van der Waals surface area contributed by atoms with Crippen LogP contribution in [0.3, 0.4) is 0 Å². The molecule has 128 valence electrons. The number of ether oxygens (including phenoxy) is 2. The Hall–Kier alpha value is -2.11. The fraction of sp³-hybridized carbons (Fsp3) is 0.421. The summed E-state index contributed by atoms with van der Waals surface area (Å²) in [7, 11) is 5.77. The molecule has 1 N–H and O–H groups in total. The molecule has 1 unspecified atom stereocenters. The van der Waals surface area contributed by atoms with Crippen LogP contribution in [0.15, 0.2) is 36.7 Å². The summed E-state index contributed by atoms with van der Waals surface area (Å²) in [5.41, 5.74) is 3.79. The summed E-state index contributed by atoms with van der Waals surface area (Å²) >= 11 is 0. The lowest BCUT2D eigenvalue weighted by molar-refractivity contribution is 0.250. The third kappa shape index (κ3) is 3.68. The molecular formula is C19H25N3O2. The SMILES string of the molecule is COc1cc2c(cc1OCCN(C)C)C(c1ccncc1)NCC2. The Morgan fingerprint density at radius 1 is 1.21 bits per heavy atom. The summed E-state index contributed by atoms with van der Waals surface area (Å²) in [6.45, 7) is 2.45. The second-order valence-electron chi connectivity index (χ2n) is 6.27. The van der Waals surface area contributed by atoms with E-state index in [-0.39, 0.29) is 6.04 Å². The van der Waals surface area contributed by atoms with Gasteiger partial charge in [0.25, 0.3) is 0 Å². The average Bonchev–Trinajstić information content (AvgIpc) is 2.61. The zero-order chi connectivity index (χ0) is 16.9. The van der Waals surface area contributed by atoms with Gasteiger partial charge in [-0.2, -0.15) is 0 Å². The number of nitrogens with one attached hydrogen (secondary N) is 1. The van der Waals surface area contributed by atoms with E-state index in [0.29, 0.717) is 6.61 Å². The van der Waals surface area contributed by atoms with Crippen molar-refractivity contribution in [3.63, 3.8) is 0 Å². The van der Waals surface area contributed by atoms with Crippen molar-refractivity contribution in [2.24, 2.45) is 0 Å². The number of benzene rings is 1. The van der Waals surface area contributed by atoms with Gasteiger partial charge in [0, 0.05) is 25.5 Å². The highest BCUT2D eigenvalue weighted by molar-refractivity contribution is 5.51. The summed E-state index contributed by atoms with van der Waals surface area (Å²) in [6, 6.07) is 8.53. The van der Waals surface area contributed by atoms with Crippen molar-refractivity contribution in [2.75, 3.05) is 40.9 Å². The van der Waals surface area contributed by atoms with Crippen molar-refractivity contribution in [3.05, 3.63) is 53.3 Å². The molecule has 0 bridgehead atoms. The molecule has 0 saturated carbocycles. The van der Waals surface area contributed by atoms with Gasteiger partial charge in [0.05, 0.1) is 13.2 Å². The number of aromatic nitrogens is 1. The number of hydrogen-bond acceptors (Lipinski definition) is 5. The van der Waals surface area contributed by atoms with E-state index >= 15 is 0 Å². The molecule has 1 aliphatic heterocycles. The number of likely N-dealkylation sites (N-methyl/N-ethyl adjacent to an activating group) is 1. The van der Waals surface area contributed by atoms with Crippen LogP contribution in [0.25, 0.3) is 0 Å². The maximum atomic E-state index is 5.98. The molecule has 2 heterocycles. The number of nitrogens with zero attached hydrogens (tertiary/aromatic N) is 2. The first-order valence-corrected chi connectivity index (χ1v) is 8.30. The number of hydrogen-bond donors (Lipinski definition) is 1. The molecule has 1 atom stereocenters. The average molecular weight is 327 g/mol. The lowest BCUT2D eigenvalue weighted by Gasteiger charge is -2.28. The molecule has 5 heteroatoms. The topological polar surface area (TPSA) is 46.6 Å². The summed E-state index contributed by atoms with van der Waals surface area (Å²) in [4.78, 5) is 6.22. The van der Waals surface area contributed by atoms with Crippen LogP contribution in [-0.2, 0) is 6.42 Å². The second kappa shape index (κ2) is 7.64. The molecule has 0 amide bonds. The molecule has 0 aliphatic carbocycles. The van der Waals surface area contributed by atoms with Crippen molar-refractivity contribution in [3.8, 4) is 11.5 Å². The van der Waals surface area contributed by atoms with Crippen molar-refractivity contribution in [2.45, 2.75) is 12.5 Å². The van der Waals surface area contributed by atoms with E-state index in [0.717, 1.165) is 31.0 Å². The molecule has 1 aromatic carbocycles. The Morgan fingerprint density at radius 3 is 2.71 bits per heavy atom. The van der Waals surface area contributed by atoms with Gasteiger partial charge < -0.3 is 19.7 Å². The predicted octanol–water partition coefficient (Wildman–Crippen LogP) is 2.27. The van der Waals surface area contributed by atoms with Crippen LogP contribution in [0, 0.1) is 0 Å². The quantitative estimate of drug-likeness (QED) is 0.882. The molecule has 0 saturated heterocycles.